The second kappa shape index (κ2) is 11.1. The lowest BCUT2D eigenvalue weighted by Gasteiger charge is -2.41. The van der Waals surface area contributed by atoms with E-state index in [1.165, 1.54) is 37.9 Å². The number of benzene rings is 1. The molecule has 27 heavy (non-hydrogen) atoms. The summed E-state index contributed by atoms with van der Waals surface area (Å²) in [5, 5.41) is 6.87. The maximum atomic E-state index is 5.60. The maximum Gasteiger partial charge on any atom is 0.191 e. The summed E-state index contributed by atoms with van der Waals surface area (Å²) in [6.07, 6.45) is 3.97. The molecule has 0 aromatic heterocycles. The fraction of sp³-hybridized carbons (Fsp3) is 0.667. The third-order valence-electron chi connectivity index (χ3n) is 5.06. The van der Waals surface area contributed by atoms with Gasteiger partial charge in [0.05, 0.1) is 6.61 Å². The number of methoxy groups -OCH3 is 1. The van der Waals surface area contributed by atoms with Gasteiger partial charge in [0.1, 0.15) is 12.4 Å². The van der Waals surface area contributed by atoms with E-state index in [9.17, 15) is 0 Å². The molecule has 1 saturated heterocycles. The van der Waals surface area contributed by atoms with Gasteiger partial charge in [-0.05, 0) is 57.5 Å². The predicted molar refractivity (Wildman–Crippen MR) is 112 cm³/mol. The van der Waals surface area contributed by atoms with E-state index in [2.05, 4.69) is 46.5 Å². The molecule has 1 heterocycles. The third-order valence-corrected chi connectivity index (χ3v) is 5.06. The molecule has 0 amide bonds. The number of nitrogens with zero attached hydrogens (tertiary/aromatic N) is 2. The second-order valence-electron chi connectivity index (χ2n) is 7.62. The highest BCUT2D eigenvalue weighted by molar-refractivity contribution is 5.79. The van der Waals surface area contributed by atoms with Gasteiger partial charge in [0.15, 0.2) is 5.96 Å². The van der Waals surface area contributed by atoms with Gasteiger partial charge in [0.25, 0.3) is 0 Å². The van der Waals surface area contributed by atoms with E-state index in [0.29, 0.717) is 13.2 Å². The number of guanidine groups is 1. The molecule has 0 saturated carbocycles. The van der Waals surface area contributed by atoms with E-state index in [0.717, 1.165) is 24.8 Å². The summed E-state index contributed by atoms with van der Waals surface area (Å²) in [5.74, 6) is 1.70. The lowest BCUT2D eigenvalue weighted by Crippen LogP contribution is -2.54. The molecule has 0 spiro atoms. The van der Waals surface area contributed by atoms with Gasteiger partial charge in [-0.25, -0.2) is 0 Å². The molecule has 0 aliphatic carbocycles. The number of hydrogen-bond donors (Lipinski definition) is 2. The zero-order valence-corrected chi connectivity index (χ0v) is 17.4. The van der Waals surface area contributed by atoms with Crippen LogP contribution < -0.4 is 15.4 Å². The van der Waals surface area contributed by atoms with Gasteiger partial charge < -0.3 is 20.1 Å². The van der Waals surface area contributed by atoms with Crippen LogP contribution in [0.2, 0.25) is 0 Å². The number of piperidine rings is 1. The minimum absolute atomic E-state index is 0.124. The minimum atomic E-state index is 0.124. The highest BCUT2D eigenvalue weighted by atomic mass is 16.5. The SMILES string of the molecule is CN=C(NCc1ccc(OCCOC)cc1)NCC(C)(C)N1CCCCC1. The highest BCUT2D eigenvalue weighted by Gasteiger charge is 2.27. The van der Waals surface area contributed by atoms with Crippen LogP contribution in [-0.4, -0.2) is 63.4 Å². The van der Waals surface area contributed by atoms with Crippen molar-refractivity contribution in [2.24, 2.45) is 4.99 Å². The van der Waals surface area contributed by atoms with Crippen molar-refractivity contribution in [2.75, 3.05) is 47.0 Å². The van der Waals surface area contributed by atoms with Crippen molar-refractivity contribution in [3.63, 3.8) is 0 Å². The quantitative estimate of drug-likeness (QED) is 0.394. The molecule has 6 heteroatoms. The van der Waals surface area contributed by atoms with Gasteiger partial charge in [-0.15, -0.1) is 0 Å². The lowest BCUT2D eigenvalue weighted by molar-refractivity contribution is 0.0982. The normalized spacial score (nSPS) is 16.2. The molecule has 0 bridgehead atoms. The molecule has 0 atom stereocenters. The number of ether oxygens (including phenoxy) is 2. The zero-order valence-electron chi connectivity index (χ0n) is 17.4. The van der Waals surface area contributed by atoms with Crippen LogP contribution in [0, 0.1) is 0 Å². The summed E-state index contributed by atoms with van der Waals surface area (Å²) in [7, 11) is 3.49. The first-order valence-corrected chi connectivity index (χ1v) is 9.95. The molecule has 1 aromatic carbocycles. The molecule has 1 fully saturated rings. The summed E-state index contributed by atoms with van der Waals surface area (Å²) in [6.45, 7) is 9.76. The van der Waals surface area contributed by atoms with Crippen LogP contribution >= 0.6 is 0 Å². The number of aliphatic imine (C=N–C) groups is 1. The average molecular weight is 377 g/mol. The molecule has 2 N–H and O–H groups in total. The van der Waals surface area contributed by atoms with Crippen molar-refractivity contribution in [3.05, 3.63) is 29.8 Å². The minimum Gasteiger partial charge on any atom is -0.491 e. The maximum absolute atomic E-state index is 5.60. The van der Waals surface area contributed by atoms with Crippen molar-refractivity contribution in [3.8, 4) is 5.75 Å². The Morgan fingerprint density at radius 1 is 1.07 bits per heavy atom. The number of likely N-dealkylation sites (tertiary alicyclic amines) is 1. The molecule has 0 unspecified atom stereocenters. The Labute approximate surface area is 164 Å². The monoisotopic (exact) mass is 376 g/mol. The van der Waals surface area contributed by atoms with Crippen LogP contribution in [-0.2, 0) is 11.3 Å². The van der Waals surface area contributed by atoms with E-state index in [-0.39, 0.29) is 5.54 Å². The van der Waals surface area contributed by atoms with Gasteiger partial charge in [-0.3, -0.25) is 9.89 Å². The zero-order chi connectivity index (χ0) is 19.5. The van der Waals surface area contributed by atoms with Crippen LogP contribution in [0.1, 0.15) is 38.7 Å². The van der Waals surface area contributed by atoms with Crippen LogP contribution in [0.3, 0.4) is 0 Å². The van der Waals surface area contributed by atoms with Gasteiger partial charge in [-0.1, -0.05) is 18.6 Å². The third kappa shape index (κ3) is 7.39. The fourth-order valence-corrected chi connectivity index (χ4v) is 3.26. The Bertz CT molecular complexity index is 566. The van der Waals surface area contributed by atoms with Crippen molar-refractivity contribution in [1.29, 1.82) is 0 Å². The second-order valence-corrected chi connectivity index (χ2v) is 7.62. The van der Waals surface area contributed by atoms with E-state index in [1.54, 1.807) is 7.11 Å². The Morgan fingerprint density at radius 3 is 2.41 bits per heavy atom. The van der Waals surface area contributed by atoms with Crippen LogP contribution in [0.25, 0.3) is 0 Å². The fourth-order valence-electron chi connectivity index (χ4n) is 3.26. The molecule has 1 aromatic rings. The lowest BCUT2D eigenvalue weighted by atomic mass is 9.98. The van der Waals surface area contributed by atoms with Gasteiger partial charge >= 0.3 is 0 Å². The molecule has 1 aliphatic rings. The molecule has 152 valence electrons. The Kier molecular flexibility index (Phi) is 8.88. The van der Waals surface area contributed by atoms with Crippen LogP contribution in [0.15, 0.2) is 29.3 Å². The van der Waals surface area contributed by atoms with Gasteiger partial charge in [-0.2, -0.15) is 0 Å². The first-order valence-electron chi connectivity index (χ1n) is 9.95. The van der Waals surface area contributed by atoms with E-state index < -0.39 is 0 Å². The smallest absolute Gasteiger partial charge is 0.191 e. The standard InChI is InChI=1S/C21H36N4O2/c1-21(2,25-12-6-5-7-13-25)17-24-20(22-3)23-16-18-8-10-19(11-9-18)27-15-14-26-4/h8-11H,5-7,12-17H2,1-4H3,(H2,22,23,24). The molecule has 0 radical (unpaired) electrons. The first kappa shape index (κ1) is 21.5. The summed E-state index contributed by atoms with van der Waals surface area (Å²) >= 11 is 0. The summed E-state index contributed by atoms with van der Waals surface area (Å²) in [4.78, 5) is 6.94. The van der Waals surface area contributed by atoms with E-state index in [1.807, 2.05) is 19.2 Å². The summed E-state index contributed by atoms with van der Waals surface area (Å²) in [5.41, 5.74) is 1.31. The molecule has 1 aliphatic heterocycles. The predicted octanol–water partition coefficient (Wildman–Crippen LogP) is 2.64. The van der Waals surface area contributed by atoms with E-state index >= 15 is 0 Å². The Balaban J connectivity index is 1.76. The highest BCUT2D eigenvalue weighted by Crippen LogP contribution is 2.19. The average Bonchev–Trinajstić information content (AvgIpc) is 2.70. The van der Waals surface area contributed by atoms with Crippen molar-refractivity contribution in [1.82, 2.24) is 15.5 Å². The van der Waals surface area contributed by atoms with Crippen molar-refractivity contribution >= 4 is 5.96 Å². The Hall–Kier alpha value is -1.79. The molecule has 2 rings (SSSR count). The van der Waals surface area contributed by atoms with Crippen LogP contribution in [0.4, 0.5) is 0 Å². The number of hydrogen-bond acceptors (Lipinski definition) is 4. The topological polar surface area (TPSA) is 58.1 Å². The largest absolute Gasteiger partial charge is 0.491 e. The number of rotatable bonds is 9. The van der Waals surface area contributed by atoms with Crippen molar-refractivity contribution in [2.45, 2.75) is 45.2 Å². The summed E-state index contributed by atoms with van der Waals surface area (Å²) < 4.78 is 10.6. The van der Waals surface area contributed by atoms with Gasteiger partial charge in [0.2, 0.25) is 0 Å². The molecule has 6 nitrogen and oxygen atoms in total. The summed E-state index contributed by atoms with van der Waals surface area (Å²) in [6, 6.07) is 8.12. The first-order chi connectivity index (χ1) is 13.0. The molecular formula is C21H36N4O2. The number of nitrogens with one attached hydrogen (secondary N) is 2. The van der Waals surface area contributed by atoms with Crippen molar-refractivity contribution < 1.29 is 9.47 Å². The van der Waals surface area contributed by atoms with E-state index in [4.69, 9.17) is 9.47 Å². The molecular weight excluding hydrogens is 340 g/mol. The Morgan fingerprint density at radius 2 is 1.78 bits per heavy atom. The van der Waals surface area contributed by atoms with Crippen LogP contribution in [0.5, 0.6) is 5.75 Å². The van der Waals surface area contributed by atoms with Gasteiger partial charge in [0, 0.05) is 32.8 Å².